The van der Waals surface area contributed by atoms with E-state index in [1.54, 1.807) is 18.5 Å². The molecule has 1 unspecified atom stereocenters. The normalized spacial score (nSPS) is 12.1. The van der Waals surface area contributed by atoms with Crippen LogP contribution in [-0.4, -0.2) is 17.1 Å². The molecule has 1 atom stereocenters. The van der Waals surface area contributed by atoms with Crippen LogP contribution in [0.15, 0.2) is 29.0 Å². The molecule has 0 aliphatic rings. The zero-order valence-corrected chi connectivity index (χ0v) is 13.0. The van der Waals surface area contributed by atoms with Crippen LogP contribution in [-0.2, 0) is 0 Å². The lowest BCUT2D eigenvalue weighted by Crippen LogP contribution is -2.12. The van der Waals surface area contributed by atoms with Crippen molar-refractivity contribution >= 4 is 21.6 Å². The molecule has 1 heterocycles. The standard InChI is InChI=1S/C14H15BrFN3O/c1-8-14(18-5-4-17-8)9(2)19-12-6-10(15)11(16)7-13(12)20-3/h4-7,9,19H,1-3H3. The van der Waals surface area contributed by atoms with E-state index in [1.807, 2.05) is 13.8 Å². The second-order valence-electron chi connectivity index (χ2n) is 4.36. The molecule has 1 aromatic heterocycles. The maximum absolute atomic E-state index is 13.5. The van der Waals surface area contributed by atoms with Crippen molar-refractivity contribution in [3.8, 4) is 5.75 Å². The van der Waals surface area contributed by atoms with Gasteiger partial charge in [0, 0.05) is 18.5 Å². The lowest BCUT2D eigenvalue weighted by atomic mass is 10.1. The topological polar surface area (TPSA) is 47.0 Å². The fraction of sp³-hybridized carbons (Fsp3) is 0.286. The van der Waals surface area contributed by atoms with Crippen LogP contribution in [0, 0.1) is 12.7 Å². The van der Waals surface area contributed by atoms with Gasteiger partial charge in [-0.15, -0.1) is 0 Å². The van der Waals surface area contributed by atoms with E-state index in [2.05, 4.69) is 31.2 Å². The van der Waals surface area contributed by atoms with E-state index in [1.165, 1.54) is 13.2 Å². The molecule has 0 fully saturated rings. The predicted molar refractivity (Wildman–Crippen MR) is 79.5 cm³/mol. The summed E-state index contributed by atoms with van der Waals surface area (Å²) >= 11 is 3.17. The number of hydrogen-bond donors (Lipinski definition) is 1. The summed E-state index contributed by atoms with van der Waals surface area (Å²) in [5.74, 6) is 0.0785. The Kier molecular flexibility index (Phi) is 4.54. The lowest BCUT2D eigenvalue weighted by Gasteiger charge is -2.18. The first-order chi connectivity index (χ1) is 9.52. The second-order valence-corrected chi connectivity index (χ2v) is 5.21. The van der Waals surface area contributed by atoms with Crippen LogP contribution in [0.4, 0.5) is 10.1 Å². The predicted octanol–water partition coefficient (Wildman–Crippen LogP) is 3.87. The number of ether oxygens (including phenoxy) is 1. The van der Waals surface area contributed by atoms with Crippen LogP contribution >= 0.6 is 15.9 Å². The van der Waals surface area contributed by atoms with E-state index < -0.39 is 0 Å². The Labute approximate surface area is 125 Å². The highest BCUT2D eigenvalue weighted by atomic mass is 79.9. The first kappa shape index (κ1) is 14.7. The molecule has 0 aliphatic heterocycles. The number of anilines is 1. The summed E-state index contributed by atoms with van der Waals surface area (Å²) in [6.45, 7) is 3.87. The number of rotatable bonds is 4. The number of aromatic nitrogens is 2. The zero-order valence-electron chi connectivity index (χ0n) is 11.4. The summed E-state index contributed by atoms with van der Waals surface area (Å²) in [5, 5.41) is 3.26. The van der Waals surface area contributed by atoms with Crippen molar-refractivity contribution < 1.29 is 9.13 Å². The van der Waals surface area contributed by atoms with Crippen molar-refractivity contribution in [1.82, 2.24) is 9.97 Å². The smallest absolute Gasteiger partial charge is 0.144 e. The van der Waals surface area contributed by atoms with Gasteiger partial charge in [-0.05, 0) is 35.8 Å². The number of benzene rings is 1. The molecule has 0 saturated carbocycles. The molecule has 0 radical (unpaired) electrons. The van der Waals surface area contributed by atoms with E-state index in [9.17, 15) is 4.39 Å². The number of aryl methyl sites for hydroxylation is 1. The minimum Gasteiger partial charge on any atom is -0.494 e. The van der Waals surface area contributed by atoms with Gasteiger partial charge in [0.15, 0.2) is 0 Å². The molecular formula is C14H15BrFN3O. The molecule has 2 aromatic rings. The summed E-state index contributed by atoms with van der Waals surface area (Å²) in [4.78, 5) is 8.53. The van der Waals surface area contributed by atoms with E-state index in [0.717, 1.165) is 11.4 Å². The van der Waals surface area contributed by atoms with Crippen LogP contribution in [0.5, 0.6) is 5.75 Å². The van der Waals surface area contributed by atoms with Gasteiger partial charge in [0.1, 0.15) is 11.6 Å². The molecule has 0 spiro atoms. The molecule has 106 valence electrons. The number of methoxy groups -OCH3 is 1. The van der Waals surface area contributed by atoms with Gasteiger partial charge in [0.2, 0.25) is 0 Å². The Morgan fingerprint density at radius 2 is 2.00 bits per heavy atom. The highest BCUT2D eigenvalue weighted by molar-refractivity contribution is 9.10. The Balaban J connectivity index is 2.30. The third-order valence-corrected chi connectivity index (χ3v) is 3.55. The van der Waals surface area contributed by atoms with E-state index >= 15 is 0 Å². The van der Waals surface area contributed by atoms with Crippen molar-refractivity contribution in [3.63, 3.8) is 0 Å². The maximum atomic E-state index is 13.5. The van der Waals surface area contributed by atoms with Crippen LogP contribution in [0.3, 0.4) is 0 Å². The lowest BCUT2D eigenvalue weighted by molar-refractivity contribution is 0.412. The first-order valence-corrected chi connectivity index (χ1v) is 6.89. The van der Waals surface area contributed by atoms with Crippen molar-refractivity contribution in [2.75, 3.05) is 12.4 Å². The molecule has 0 bridgehead atoms. The molecule has 2 rings (SSSR count). The molecule has 6 heteroatoms. The summed E-state index contributed by atoms with van der Waals surface area (Å²) in [7, 11) is 1.51. The van der Waals surface area contributed by atoms with Crippen LogP contribution < -0.4 is 10.1 Å². The number of halogens is 2. The Morgan fingerprint density at radius 1 is 1.30 bits per heavy atom. The third kappa shape index (κ3) is 3.07. The molecule has 0 amide bonds. The van der Waals surface area contributed by atoms with Gasteiger partial charge >= 0.3 is 0 Å². The number of nitrogens with zero attached hydrogens (tertiary/aromatic N) is 2. The minimum atomic E-state index is -0.365. The van der Waals surface area contributed by atoms with Crippen LogP contribution in [0.2, 0.25) is 0 Å². The third-order valence-electron chi connectivity index (χ3n) is 2.94. The summed E-state index contributed by atoms with van der Waals surface area (Å²) in [6, 6.07) is 2.91. The second kappa shape index (κ2) is 6.17. The maximum Gasteiger partial charge on any atom is 0.144 e. The quantitative estimate of drug-likeness (QED) is 0.918. The highest BCUT2D eigenvalue weighted by Crippen LogP contribution is 2.33. The molecular weight excluding hydrogens is 325 g/mol. The first-order valence-electron chi connectivity index (χ1n) is 6.10. The van der Waals surface area contributed by atoms with Crippen LogP contribution in [0.1, 0.15) is 24.4 Å². The molecule has 1 N–H and O–H groups in total. The Morgan fingerprint density at radius 3 is 2.65 bits per heavy atom. The minimum absolute atomic E-state index is 0.0741. The molecule has 1 aromatic carbocycles. The van der Waals surface area contributed by atoms with Gasteiger partial charge in [-0.3, -0.25) is 9.97 Å². The zero-order chi connectivity index (χ0) is 14.7. The van der Waals surface area contributed by atoms with Gasteiger partial charge in [0.05, 0.1) is 34.7 Å². The van der Waals surface area contributed by atoms with Crippen molar-refractivity contribution in [2.45, 2.75) is 19.9 Å². The average molecular weight is 340 g/mol. The molecule has 20 heavy (non-hydrogen) atoms. The summed E-state index contributed by atoms with van der Waals surface area (Å²) in [5.41, 5.74) is 2.39. The largest absolute Gasteiger partial charge is 0.494 e. The molecule has 0 saturated heterocycles. The molecule has 4 nitrogen and oxygen atoms in total. The summed E-state index contributed by atoms with van der Waals surface area (Å²) < 4.78 is 19.1. The van der Waals surface area contributed by atoms with Gasteiger partial charge in [-0.1, -0.05) is 0 Å². The van der Waals surface area contributed by atoms with Crippen molar-refractivity contribution in [2.24, 2.45) is 0 Å². The van der Waals surface area contributed by atoms with E-state index in [4.69, 9.17) is 4.74 Å². The van der Waals surface area contributed by atoms with Gasteiger partial charge < -0.3 is 10.1 Å². The fourth-order valence-corrected chi connectivity index (χ4v) is 2.30. The monoisotopic (exact) mass is 339 g/mol. The average Bonchev–Trinajstić information content (AvgIpc) is 2.43. The van der Waals surface area contributed by atoms with Gasteiger partial charge in [-0.2, -0.15) is 0 Å². The Hall–Kier alpha value is -1.69. The van der Waals surface area contributed by atoms with Crippen LogP contribution in [0.25, 0.3) is 0 Å². The van der Waals surface area contributed by atoms with Crippen molar-refractivity contribution in [3.05, 3.63) is 46.2 Å². The summed E-state index contributed by atoms with van der Waals surface area (Å²) in [6.07, 6.45) is 3.30. The SMILES string of the molecule is COc1cc(F)c(Br)cc1NC(C)c1nccnc1C. The highest BCUT2D eigenvalue weighted by Gasteiger charge is 2.14. The van der Waals surface area contributed by atoms with E-state index in [-0.39, 0.29) is 11.9 Å². The Bertz CT molecular complexity index is 621. The van der Waals surface area contributed by atoms with Gasteiger partial charge in [-0.25, -0.2) is 4.39 Å². The van der Waals surface area contributed by atoms with Gasteiger partial charge in [0.25, 0.3) is 0 Å². The fourth-order valence-electron chi connectivity index (χ4n) is 1.96. The number of hydrogen-bond acceptors (Lipinski definition) is 4. The van der Waals surface area contributed by atoms with E-state index in [0.29, 0.717) is 15.9 Å². The molecule has 0 aliphatic carbocycles. The van der Waals surface area contributed by atoms with Crippen molar-refractivity contribution in [1.29, 1.82) is 0 Å². The number of nitrogens with one attached hydrogen (secondary N) is 1.